The van der Waals surface area contributed by atoms with Crippen LogP contribution in [-0.4, -0.2) is 22.2 Å². The van der Waals surface area contributed by atoms with Crippen molar-refractivity contribution in [2.75, 3.05) is 0 Å². The first-order valence-corrected chi connectivity index (χ1v) is 3.29. The Kier molecular flexibility index (Phi) is 7.23. The molecule has 72 valence electrons. The minimum atomic E-state index is -1.22. The van der Waals surface area contributed by atoms with Crippen molar-refractivity contribution in [1.29, 1.82) is 0 Å². The van der Waals surface area contributed by atoms with E-state index in [4.69, 9.17) is 10.2 Å². The Labute approximate surface area is 76.5 Å². The molecule has 0 aromatic rings. The van der Waals surface area contributed by atoms with Crippen LogP contribution in [0.15, 0.2) is 37.0 Å². The fourth-order valence-electron chi connectivity index (χ4n) is 0.385. The van der Waals surface area contributed by atoms with Crippen LogP contribution in [0.25, 0.3) is 0 Å². The van der Waals surface area contributed by atoms with Crippen LogP contribution in [0.1, 0.15) is 6.92 Å². The number of aliphatic carboxylic acids is 2. The quantitative estimate of drug-likeness (QED) is 0.395. The van der Waals surface area contributed by atoms with Crippen molar-refractivity contribution < 1.29 is 19.8 Å². The molecule has 0 saturated carbocycles. The Morgan fingerprint density at radius 2 is 1.54 bits per heavy atom. The zero-order chi connectivity index (χ0) is 11.0. The van der Waals surface area contributed by atoms with Gasteiger partial charge in [-0.1, -0.05) is 6.58 Å². The molecule has 0 amide bonds. The van der Waals surface area contributed by atoms with Crippen LogP contribution < -0.4 is 0 Å². The van der Waals surface area contributed by atoms with E-state index in [2.05, 4.69) is 19.7 Å². The van der Waals surface area contributed by atoms with Crippen molar-refractivity contribution in [1.82, 2.24) is 0 Å². The maximum Gasteiger partial charge on any atom is 0.335 e. The second-order valence-corrected chi connectivity index (χ2v) is 1.96. The molecule has 0 unspecified atom stereocenters. The third-order valence-corrected chi connectivity index (χ3v) is 1.00. The van der Waals surface area contributed by atoms with Gasteiger partial charge in [0, 0.05) is 5.57 Å². The van der Waals surface area contributed by atoms with E-state index < -0.39 is 11.9 Å². The van der Waals surface area contributed by atoms with E-state index in [1.807, 2.05) is 0 Å². The Morgan fingerprint density at radius 1 is 1.15 bits per heavy atom. The first kappa shape index (κ1) is 13.7. The smallest absolute Gasteiger partial charge is 0.335 e. The lowest BCUT2D eigenvalue weighted by Gasteiger charge is -1.92. The van der Waals surface area contributed by atoms with Crippen molar-refractivity contribution in [2.24, 2.45) is 0 Å². The summed E-state index contributed by atoms with van der Waals surface area (Å²) in [4.78, 5) is 20.3. The number of carboxylic acid groups (broad SMARTS) is 2. The Balaban J connectivity index is 0. The van der Waals surface area contributed by atoms with Crippen LogP contribution in [0.2, 0.25) is 0 Å². The SMILES string of the molecule is C=C.C=C(/C=C(/C)C(=O)O)C(=O)O. The minimum absolute atomic E-state index is 0.0441. The van der Waals surface area contributed by atoms with Crippen molar-refractivity contribution >= 4 is 11.9 Å². The van der Waals surface area contributed by atoms with Crippen LogP contribution in [0.4, 0.5) is 0 Å². The van der Waals surface area contributed by atoms with Gasteiger partial charge in [0.1, 0.15) is 0 Å². The Bertz CT molecular complexity index is 250. The van der Waals surface area contributed by atoms with E-state index in [-0.39, 0.29) is 11.1 Å². The average molecular weight is 184 g/mol. The van der Waals surface area contributed by atoms with Gasteiger partial charge in [-0.15, -0.1) is 13.2 Å². The highest BCUT2D eigenvalue weighted by Gasteiger charge is 2.04. The van der Waals surface area contributed by atoms with Gasteiger partial charge in [0.2, 0.25) is 0 Å². The van der Waals surface area contributed by atoms with Crippen molar-refractivity contribution in [3.63, 3.8) is 0 Å². The van der Waals surface area contributed by atoms with Crippen LogP contribution in [0.3, 0.4) is 0 Å². The van der Waals surface area contributed by atoms with Gasteiger partial charge in [-0.2, -0.15) is 0 Å². The largest absolute Gasteiger partial charge is 0.478 e. The number of carboxylic acids is 2. The molecule has 0 spiro atoms. The monoisotopic (exact) mass is 184 g/mol. The Morgan fingerprint density at radius 3 is 1.77 bits per heavy atom. The van der Waals surface area contributed by atoms with E-state index in [0.717, 1.165) is 6.08 Å². The molecule has 0 saturated heterocycles. The molecule has 0 atom stereocenters. The topological polar surface area (TPSA) is 74.6 Å². The Hall–Kier alpha value is -1.84. The molecule has 0 aromatic carbocycles. The molecular weight excluding hydrogens is 172 g/mol. The van der Waals surface area contributed by atoms with Crippen LogP contribution in [0, 0.1) is 0 Å². The fraction of sp³-hybridized carbons (Fsp3) is 0.111. The molecule has 0 aliphatic carbocycles. The molecule has 2 N–H and O–H groups in total. The second kappa shape index (κ2) is 6.84. The molecular formula is C9H12O4. The third kappa shape index (κ3) is 6.55. The minimum Gasteiger partial charge on any atom is -0.478 e. The van der Waals surface area contributed by atoms with E-state index in [1.54, 1.807) is 0 Å². The van der Waals surface area contributed by atoms with Gasteiger partial charge in [-0.3, -0.25) is 0 Å². The molecule has 4 heteroatoms. The van der Waals surface area contributed by atoms with E-state index in [0.29, 0.717) is 0 Å². The maximum atomic E-state index is 10.2. The fourth-order valence-corrected chi connectivity index (χ4v) is 0.385. The summed E-state index contributed by atoms with van der Waals surface area (Å²) < 4.78 is 0. The predicted molar refractivity (Wildman–Crippen MR) is 49.4 cm³/mol. The molecule has 0 radical (unpaired) electrons. The van der Waals surface area contributed by atoms with Crippen LogP contribution >= 0.6 is 0 Å². The van der Waals surface area contributed by atoms with E-state index in [1.165, 1.54) is 6.92 Å². The molecule has 0 heterocycles. The summed E-state index contributed by atoms with van der Waals surface area (Å²) in [5, 5.41) is 16.6. The molecule has 4 nitrogen and oxygen atoms in total. The van der Waals surface area contributed by atoms with Crippen molar-refractivity contribution in [3.8, 4) is 0 Å². The zero-order valence-corrected chi connectivity index (χ0v) is 7.41. The van der Waals surface area contributed by atoms with Gasteiger partial charge in [0.25, 0.3) is 0 Å². The van der Waals surface area contributed by atoms with Gasteiger partial charge >= 0.3 is 11.9 Å². The van der Waals surface area contributed by atoms with Gasteiger partial charge in [0.05, 0.1) is 5.57 Å². The average Bonchev–Trinajstić information content (AvgIpc) is 2.07. The summed E-state index contributed by atoms with van der Waals surface area (Å²) in [6.45, 7) is 10.4. The third-order valence-electron chi connectivity index (χ3n) is 1.00. The zero-order valence-electron chi connectivity index (χ0n) is 7.41. The normalized spacial score (nSPS) is 9.46. The number of hydrogen-bond donors (Lipinski definition) is 2. The summed E-state index contributed by atoms with van der Waals surface area (Å²) in [7, 11) is 0. The van der Waals surface area contributed by atoms with E-state index in [9.17, 15) is 9.59 Å². The summed E-state index contributed by atoms with van der Waals surface area (Å²) in [5.41, 5.74) is -0.276. The highest BCUT2D eigenvalue weighted by molar-refractivity contribution is 5.93. The number of carbonyl (C=O) groups is 2. The summed E-state index contributed by atoms with van der Waals surface area (Å²) in [6, 6.07) is 0. The molecule has 13 heavy (non-hydrogen) atoms. The summed E-state index contributed by atoms with van der Waals surface area (Å²) in [5.74, 6) is -2.36. The maximum absolute atomic E-state index is 10.2. The first-order valence-electron chi connectivity index (χ1n) is 3.29. The van der Waals surface area contributed by atoms with Crippen molar-refractivity contribution in [3.05, 3.63) is 37.0 Å². The molecule has 0 aliphatic heterocycles. The van der Waals surface area contributed by atoms with Gasteiger partial charge in [-0.25, -0.2) is 9.59 Å². The lowest BCUT2D eigenvalue weighted by molar-refractivity contribution is -0.132. The van der Waals surface area contributed by atoms with Crippen molar-refractivity contribution in [2.45, 2.75) is 6.92 Å². The molecule has 0 bridgehead atoms. The molecule has 0 fully saturated rings. The molecule has 0 aliphatic rings. The predicted octanol–water partition coefficient (Wildman–Crippen LogP) is 1.46. The second-order valence-electron chi connectivity index (χ2n) is 1.96. The van der Waals surface area contributed by atoms with Crippen LogP contribution in [-0.2, 0) is 9.59 Å². The van der Waals surface area contributed by atoms with Gasteiger partial charge in [-0.05, 0) is 13.0 Å². The molecule has 0 aromatic heterocycles. The first-order chi connectivity index (χ1) is 5.95. The molecule has 0 rings (SSSR count). The lowest BCUT2D eigenvalue weighted by Crippen LogP contribution is -2.01. The number of hydrogen-bond acceptors (Lipinski definition) is 2. The number of rotatable bonds is 3. The highest BCUT2D eigenvalue weighted by Crippen LogP contribution is 1.99. The summed E-state index contributed by atoms with van der Waals surface area (Å²) >= 11 is 0. The highest BCUT2D eigenvalue weighted by atomic mass is 16.4. The standard InChI is InChI=1S/C7H8O4.C2H4/c1-4(6(8)9)3-5(2)7(10)11;1-2/h3H,1H2,2H3,(H,8,9)(H,10,11);1-2H2/b5-3-;. The van der Waals surface area contributed by atoms with Gasteiger partial charge < -0.3 is 10.2 Å². The van der Waals surface area contributed by atoms with Crippen LogP contribution in [0.5, 0.6) is 0 Å². The summed E-state index contributed by atoms with van der Waals surface area (Å²) in [6.07, 6.45) is 1.00. The van der Waals surface area contributed by atoms with E-state index >= 15 is 0 Å². The lowest BCUT2D eigenvalue weighted by atomic mass is 10.2. The van der Waals surface area contributed by atoms with Gasteiger partial charge in [0.15, 0.2) is 0 Å².